The van der Waals surface area contributed by atoms with Crippen molar-refractivity contribution in [2.45, 2.75) is 45.9 Å². The molecule has 0 atom stereocenters. The maximum atomic E-state index is 13.3. The van der Waals surface area contributed by atoms with Crippen LogP contribution in [0.4, 0.5) is 4.79 Å². The number of nitrogens with one attached hydrogen (secondary N) is 2. The summed E-state index contributed by atoms with van der Waals surface area (Å²) in [4.78, 5) is 23.4. The highest BCUT2D eigenvalue weighted by Crippen LogP contribution is 2.27. The first-order valence-corrected chi connectivity index (χ1v) is 12.2. The van der Waals surface area contributed by atoms with Gasteiger partial charge in [0.2, 0.25) is 10.0 Å². The summed E-state index contributed by atoms with van der Waals surface area (Å²) in [5, 5.41) is 5.13. The maximum absolute atomic E-state index is 13.3. The van der Waals surface area contributed by atoms with Crippen LogP contribution in [0.5, 0.6) is 5.75 Å². The van der Waals surface area contributed by atoms with Gasteiger partial charge >= 0.3 is 12.0 Å². The summed E-state index contributed by atoms with van der Waals surface area (Å²) >= 11 is 0. The van der Waals surface area contributed by atoms with Crippen LogP contribution in [0.15, 0.2) is 29.2 Å². The number of methoxy groups -OCH3 is 1. The van der Waals surface area contributed by atoms with E-state index in [1.54, 1.807) is 31.2 Å². The van der Waals surface area contributed by atoms with Crippen LogP contribution in [0.2, 0.25) is 0 Å². The van der Waals surface area contributed by atoms with Crippen molar-refractivity contribution in [3.05, 3.63) is 24.3 Å². The van der Waals surface area contributed by atoms with Gasteiger partial charge in [-0.25, -0.2) is 13.2 Å². The van der Waals surface area contributed by atoms with Crippen LogP contribution in [0.25, 0.3) is 0 Å². The average molecular weight is 472 g/mol. The molecule has 10 heteroatoms. The first kappa shape index (κ1) is 27.7. The molecule has 1 aromatic carbocycles. The predicted molar refractivity (Wildman–Crippen MR) is 123 cm³/mol. The van der Waals surface area contributed by atoms with Crippen LogP contribution < -0.4 is 15.4 Å². The fourth-order valence-electron chi connectivity index (χ4n) is 3.05. The third kappa shape index (κ3) is 9.44. The molecule has 1 rings (SSSR count). The largest absolute Gasteiger partial charge is 0.497 e. The Morgan fingerprint density at radius 1 is 1.12 bits per heavy atom. The number of esters is 1. The molecule has 2 N–H and O–H groups in total. The van der Waals surface area contributed by atoms with Gasteiger partial charge in [0.1, 0.15) is 12.3 Å². The molecule has 0 aromatic heterocycles. The van der Waals surface area contributed by atoms with E-state index >= 15 is 0 Å². The van der Waals surface area contributed by atoms with Crippen LogP contribution in [0, 0.1) is 11.3 Å². The second-order valence-electron chi connectivity index (χ2n) is 8.70. The summed E-state index contributed by atoms with van der Waals surface area (Å²) in [6, 6.07) is 5.88. The molecule has 182 valence electrons. The van der Waals surface area contributed by atoms with Gasteiger partial charge in [-0.2, -0.15) is 4.31 Å². The average Bonchev–Trinajstić information content (AvgIpc) is 2.71. The molecule has 0 radical (unpaired) electrons. The first-order chi connectivity index (χ1) is 14.9. The molecule has 2 amide bonds. The topological polar surface area (TPSA) is 114 Å². The summed E-state index contributed by atoms with van der Waals surface area (Å²) in [7, 11) is -2.16. The molecule has 0 bridgehead atoms. The van der Waals surface area contributed by atoms with Crippen LogP contribution >= 0.6 is 0 Å². The minimum absolute atomic E-state index is 0.144. The molecular formula is C22H37N3O6S. The summed E-state index contributed by atoms with van der Waals surface area (Å²) in [5.74, 6) is 0.230. The van der Waals surface area contributed by atoms with Crippen molar-refractivity contribution in [1.29, 1.82) is 0 Å². The van der Waals surface area contributed by atoms with Crippen molar-refractivity contribution >= 4 is 22.0 Å². The molecule has 0 spiro atoms. The minimum Gasteiger partial charge on any atom is -0.497 e. The second-order valence-corrected chi connectivity index (χ2v) is 10.6. The molecule has 0 aliphatic carbocycles. The minimum atomic E-state index is -3.69. The van der Waals surface area contributed by atoms with E-state index in [1.807, 2.05) is 27.7 Å². The fourth-order valence-corrected chi connectivity index (χ4v) is 4.84. The SMILES string of the molecule is CCOC(=O)CNC(=O)NCCC(C)(C)CN(CC(C)C)S(=O)(=O)c1ccc(OC)cc1. The highest BCUT2D eigenvalue weighted by molar-refractivity contribution is 7.89. The van der Waals surface area contributed by atoms with Crippen molar-refractivity contribution in [3.8, 4) is 5.75 Å². The van der Waals surface area contributed by atoms with Crippen molar-refractivity contribution in [3.63, 3.8) is 0 Å². The predicted octanol–water partition coefficient (Wildman–Crippen LogP) is 2.62. The van der Waals surface area contributed by atoms with Crippen molar-refractivity contribution in [2.24, 2.45) is 11.3 Å². The molecule has 0 saturated carbocycles. The number of urea groups is 1. The van der Waals surface area contributed by atoms with E-state index < -0.39 is 27.4 Å². The Hall–Kier alpha value is -2.33. The van der Waals surface area contributed by atoms with Gasteiger partial charge in [0.05, 0.1) is 18.6 Å². The Balaban J connectivity index is 2.76. The summed E-state index contributed by atoms with van der Waals surface area (Å²) in [6.45, 7) is 10.6. The van der Waals surface area contributed by atoms with E-state index in [0.29, 0.717) is 31.8 Å². The zero-order valence-electron chi connectivity index (χ0n) is 19.9. The van der Waals surface area contributed by atoms with E-state index in [9.17, 15) is 18.0 Å². The molecule has 32 heavy (non-hydrogen) atoms. The van der Waals surface area contributed by atoms with E-state index in [1.165, 1.54) is 11.4 Å². The third-order valence-corrected chi connectivity index (χ3v) is 6.48. The number of hydrogen-bond donors (Lipinski definition) is 2. The maximum Gasteiger partial charge on any atom is 0.325 e. The first-order valence-electron chi connectivity index (χ1n) is 10.7. The Bertz CT molecular complexity index is 838. The van der Waals surface area contributed by atoms with Gasteiger partial charge < -0.3 is 20.1 Å². The Labute approximate surface area is 191 Å². The van der Waals surface area contributed by atoms with Crippen molar-refractivity contribution < 1.29 is 27.5 Å². The summed E-state index contributed by atoms with van der Waals surface area (Å²) in [6.07, 6.45) is 0.548. The monoisotopic (exact) mass is 471 g/mol. The van der Waals surface area contributed by atoms with Crippen molar-refractivity contribution in [1.82, 2.24) is 14.9 Å². The zero-order valence-corrected chi connectivity index (χ0v) is 20.8. The number of carbonyl (C=O) groups is 2. The van der Waals surface area contributed by atoms with E-state index in [0.717, 1.165) is 0 Å². The molecular weight excluding hydrogens is 434 g/mol. The lowest BCUT2D eigenvalue weighted by atomic mass is 9.89. The summed E-state index contributed by atoms with van der Waals surface area (Å²) in [5.41, 5.74) is -0.400. The standard InChI is InChI=1S/C22H37N3O6S/c1-7-31-20(26)14-24-21(27)23-13-12-22(4,5)16-25(15-17(2)3)32(28,29)19-10-8-18(30-6)9-11-19/h8-11,17H,7,12-16H2,1-6H3,(H2,23,24,27). The fraction of sp³-hybridized carbons (Fsp3) is 0.636. The number of sulfonamides is 1. The highest BCUT2D eigenvalue weighted by atomic mass is 32.2. The highest BCUT2D eigenvalue weighted by Gasteiger charge is 2.31. The molecule has 0 fully saturated rings. The lowest BCUT2D eigenvalue weighted by Crippen LogP contribution is -2.43. The van der Waals surface area contributed by atoms with Crippen LogP contribution in [-0.2, 0) is 19.6 Å². The number of carbonyl (C=O) groups excluding carboxylic acids is 2. The van der Waals surface area contributed by atoms with Crippen LogP contribution in [-0.4, -0.2) is 64.6 Å². The number of nitrogens with zero attached hydrogens (tertiary/aromatic N) is 1. The molecule has 1 aromatic rings. The van der Waals surface area contributed by atoms with E-state index in [4.69, 9.17) is 9.47 Å². The Kier molecular flexibility index (Phi) is 10.9. The number of hydrogen-bond acceptors (Lipinski definition) is 6. The quantitative estimate of drug-likeness (QED) is 0.428. The van der Waals surface area contributed by atoms with Gasteiger partial charge in [0.25, 0.3) is 0 Å². The van der Waals surface area contributed by atoms with Crippen LogP contribution in [0.3, 0.4) is 0 Å². The van der Waals surface area contributed by atoms with Gasteiger partial charge in [0, 0.05) is 19.6 Å². The van der Waals surface area contributed by atoms with E-state index in [2.05, 4.69) is 10.6 Å². The van der Waals surface area contributed by atoms with Gasteiger partial charge in [-0.3, -0.25) is 4.79 Å². The van der Waals surface area contributed by atoms with Crippen LogP contribution in [0.1, 0.15) is 41.0 Å². The molecule has 9 nitrogen and oxygen atoms in total. The van der Waals surface area contributed by atoms with Gasteiger partial charge in [0.15, 0.2) is 0 Å². The van der Waals surface area contributed by atoms with Crippen molar-refractivity contribution in [2.75, 3.05) is 39.9 Å². The number of ether oxygens (including phenoxy) is 2. The van der Waals surface area contributed by atoms with Gasteiger partial charge in [-0.05, 0) is 48.9 Å². The Morgan fingerprint density at radius 3 is 2.28 bits per heavy atom. The number of amides is 2. The van der Waals surface area contributed by atoms with E-state index in [-0.39, 0.29) is 24.0 Å². The molecule has 0 unspecified atom stereocenters. The second kappa shape index (κ2) is 12.6. The molecule has 0 aliphatic heterocycles. The molecule has 0 aliphatic rings. The normalized spacial score (nSPS) is 12.0. The van der Waals surface area contributed by atoms with Gasteiger partial charge in [-0.15, -0.1) is 0 Å². The smallest absolute Gasteiger partial charge is 0.325 e. The molecule has 0 saturated heterocycles. The molecule has 0 heterocycles. The van der Waals surface area contributed by atoms with Gasteiger partial charge in [-0.1, -0.05) is 27.7 Å². The third-order valence-electron chi connectivity index (χ3n) is 4.66. The Morgan fingerprint density at radius 2 is 1.75 bits per heavy atom. The number of benzene rings is 1. The lowest BCUT2D eigenvalue weighted by molar-refractivity contribution is -0.141. The summed E-state index contributed by atoms with van der Waals surface area (Å²) < 4.78 is 38.0. The zero-order chi connectivity index (χ0) is 24.4. The lowest BCUT2D eigenvalue weighted by Gasteiger charge is -2.33. The number of rotatable bonds is 13.